The SMILES string of the molecule is CCOc1ccc(-c2nc(N)c(C#N)c(-c3ccc(C(F)(F)F)cc3)c2C#N)cn1. The fourth-order valence-corrected chi connectivity index (χ4v) is 2.90. The molecule has 2 aromatic heterocycles. The van der Waals surface area contributed by atoms with Crippen molar-refractivity contribution in [3.05, 3.63) is 59.3 Å². The van der Waals surface area contributed by atoms with Gasteiger partial charge in [0, 0.05) is 23.4 Å². The van der Waals surface area contributed by atoms with E-state index in [0.29, 0.717) is 18.1 Å². The molecule has 2 N–H and O–H groups in total. The minimum absolute atomic E-state index is 0.00599. The highest BCUT2D eigenvalue weighted by atomic mass is 19.4. The summed E-state index contributed by atoms with van der Waals surface area (Å²) in [5.41, 5.74) is 5.98. The van der Waals surface area contributed by atoms with E-state index in [-0.39, 0.29) is 33.8 Å². The Balaban J connectivity index is 2.22. The standard InChI is InChI=1S/C21H14F3N5O/c1-2-30-17-8-5-13(11-28-17)19-15(9-25)18(16(10-26)20(27)29-19)12-3-6-14(7-4-12)21(22,23)24/h3-8,11H,2H2,1H3,(H2,27,29). The highest BCUT2D eigenvalue weighted by molar-refractivity contribution is 5.87. The Bertz CT molecular complexity index is 1160. The van der Waals surface area contributed by atoms with Crippen LogP contribution in [0.5, 0.6) is 5.88 Å². The number of nitrogens with zero attached hydrogens (tertiary/aromatic N) is 4. The van der Waals surface area contributed by atoms with Gasteiger partial charge >= 0.3 is 6.18 Å². The van der Waals surface area contributed by atoms with E-state index in [4.69, 9.17) is 10.5 Å². The molecule has 0 atom stereocenters. The van der Waals surface area contributed by atoms with Crippen molar-refractivity contribution in [1.82, 2.24) is 9.97 Å². The summed E-state index contributed by atoms with van der Waals surface area (Å²) >= 11 is 0. The van der Waals surface area contributed by atoms with Crippen LogP contribution in [0.2, 0.25) is 0 Å². The fraction of sp³-hybridized carbons (Fsp3) is 0.143. The van der Waals surface area contributed by atoms with Gasteiger partial charge in [0.1, 0.15) is 23.5 Å². The molecule has 1 aromatic carbocycles. The lowest BCUT2D eigenvalue weighted by atomic mass is 9.92. The maximum atomic E-state index is 12.9. The summed E-state index contributed by atoms with van der Waals surface area (Å²) in [6, 6.07) is 11.3. The first-order valence-corrected chi connectivity index (χ1v) is 8.70. The Kier molecular flexibility index (Phi) is 5.56. The van der Waals surface area contributed by atoms with Crippen molar-refractivity contribution in [3.63, 3.8) is 0 Å². The van der Waals surface area contributed by atoms with Gasteiger partial charge in [-0.05, 0) is 30.7 Å². The predicted octanol–water partition coefficient (Wildman–Crippen LogP) is 4.55. The third-order valence-electron chi connectivity index (χ3n) is 4.25. The summed E-state index contributed by atoms with van der Waals surface area (Å²) in [4.78, 5) is 8.31. The zero-order valence-electron chi connectivity index (χ0n) is 15.7. The molecule has 0 saturated heterocycles. The zero-order valence-corrected chi connectivity index (χ0v) is 15.7. The van der Waals surface area contributed by atoms with Gasteiger partial charge in [-0.1, -0.05) is 12.1 Å². The summed E-state index contributed by atoms with van der Waals surface area (Å²) in [6.07, 6.45) is -3.07. The molecule has 150 valence electrons. The van der Waals surface area contributed by atoms with E-state index in [2.05, 4.69) is 9.97 Å². The lowest BCUT2D eigenvalue weighted by Gasteiger charge is -2.14. The molecule has 6 nitrogen and oxygen atoms in total. The predicted molar refractivity (Wildman–Crippen MR) is 103 cm³/mol. The number of rotatable bonds is 4. The summed E-state index contributed by atoms with van der Waals surface area (Å²) < 4.78 is 44.0. The topological polar surface area (TPSA) is 109 Å². The Morgan fingerprint density at radius 2 is 1.63 bits per heavy atom. The van der Waals surface area contributed by atoms with Crippen LogP contribution in [0.3, 0.4) is 0 Å². The molecule has 2 heterocycles. The minimum atomic E-state index is -4.51. The Hall–Kier alpha value is -4.11. The second-order valence-electron chi connectivity index (χ2n) is 6.09. The number of halogens is 3. The van der Waals surface area contributed by atoms with Crippen molar-refractivity contribution in [2.75, 3.05) is 12.3 Å². The van der Waals surface area contributed by atoms with Gasteiger partial charge in [-0.3, -0.25) is 0 Å². The largest absolute Gasteiger partial charge is 0.478 e. The lowest BCUT2D eigenvalue weighted by Crippen LogP contribution is -2.06. The number of hydrogen-bond acceptors (Lipinski definition) is 6. The van der Waals surface area contributed by atoms with E-state index in [1.54, 1.807) is 12.1 Å². The van der Waals surface area contributed by atoms with E-state index in [1.165, 1.54) is 18.3 Å². The van der Waals surface area contributed by atoms with Crippen LogP contribution in [0.15, 0.2) is 42.6 Å². The molecular formula is C21H14F3N5O. The third kappa shape index (κ3) is 3.87. The van der Waals surface area contributed by atoms with Crippen LogP contribution < -0.4 is 10.5 Å². The van der Waals surface area contributed by atoms with Gasteiger partial charge in [-0.2, -0.15) is 23.7 Å². The molecule has 3 aromatic rings. The second-order valence-corrected chi connectivity index (χ2v) is 6.09. The normalized spacial score (nSPS) is 10.9. The number of benzene rings is 1. The number of hydrogen-bond donors (Lipinski definition) is 1. The van der Waals surface area contributed by atoms with Crippen molar-refractivity contribution >= 4 is 5.82 Å². The number of nitriles is 2. The Morgan fingerprint density at radius 1 is 1.00 bits per heavy atom. The van der Waals surface area contributed by atoms with Crippen molar-refractivity contribution in [2.24, 2.45) is 0 Å². The maximum Gasteiger partial charge on any atom is 0.416 e. The average molecular weight is 409 g/mol. The quantitative estimate of drug-likeness (QED) is 0.677. The first kappa shape index (κ1) is 20.6. The minimum Gasteiger partial charge on any atom is -0.478 e. The van der Waals surface area contributed by atoms with Gasteiger partial charge in [-0.15, -0.1) is 0 Å². The Labute approximate surface area is 170 Å². The fourth-order valence-electron chi connectivity index (χ4n) is 2.90. The zero-order chi connectivity index (χ0) is 21.9. The molecule has 30 heavy (non-hydrogen) atoms. The molecular weight excluding hydrogens is 395 g/mol. The number of ether oxygens (including phenoxy) is 1. The molecule has 0 bridgehead atoms. The summed E-state index contributed by atoms with van der Waals surface area (Å²) in [7, 11) is 0. The molecule has 9 heteroatoms. The lowest BCUT2D eigenvalue weighted by molar-refractivity contribution is -0.137. The van der Waals surface area contributed by atoms with Gasteiger partial charge in [0.2, 0.25) is 5.88 Å². The molecule has 0 saturated carbocycles. The van der Waals surface area contributed by atoms with E-state index in [1.807, 2.05) is 19.1 Å². The number of nitrogens with two attached hydrogens (primary N) is 1. The van der Waals surface area contributed by atoms with Crippen LogP contribution in [0.25, 0.3) is 22.4 Å². The molecule has 0 amide bonds. The Morgan fingerprint density at radius 3 is 2.13 bits per heavy atom. The highest BCUT2D eigenvalue weighted by Gasteiger charge is 2.30. The average Bonchev–Trinajstić information content (AvgIpc) is 2.73. The van der Waals surface area contributed by atoms with E-state index in [9.17, 15) is 23.7 Å². The number of nitrogen functional groups attached to an aromatic ring is 1. The molecule has 0 spiro atoms. The van der Waals surface area contributed by atoms with Gasteiger partial charge in [0.25, 0.3) is 0 Å². The van der Waals surface area contributed by atoms with E-state index in [0.717, 1.165) is 12.1 Å². The van der Waals surface area contributed by atoms with Gasteiger partial charge in [0.15, 0.2) is 0 Å². The van der Waals surface area contributed by atoms with Crippen molar-refractivity contribution in [2.45, 2.75) is 13.1 Å². The number of aromatic nitrogens is 2. The van der Waals surface area contributed by atoms with E-state index < -0.39 is 11.7 Å². The monoisotopic (exact) mass is 409 g/mol. The highest BCUT2D eigenvalue weighted by Crippen LogP contribution is 2.37. The van der Waals surface area contributed by atoms with E-state index >= 15 is 0 Å². The van der Waals surface area contributed by atoms with Crippen LogP contribution in [-0.2, 0) is 6.18 Å². The smallest absolute Gasteiger partial charge is 0.416 e. The van der Waals surface area contributed by atoms with Gasteiger partial charge < -0.3 is 10.5 Å². The summed E-state index contributed by atoms with van der Waals surface area (Å²) in [5, 5.41) is 19.3. The molecule has 0 aliphatic heterocycles. The number of pyridine rings is 2. The first-order chi connectivity index (χ1) is 14.3. The van der Waals surface area contributed by atoms with Crippen molar-refractivity contribution in [1.29, 1.82) is 10.5 Å². The molecule has 0 unspecified atom stereocenters. The van der Waals surface area contributed by atoms with Crippen LogP contribution in [0.4, 0.5) is 19.0 Å². The molecule has 0 radical (unpaired) electrons. The molecule has 0 aliphatic carbocycles. The molecule has 0 fully saturated rings. The van der Waals surface area contributed by atoms with Crippen molar-refractivity contribution in [3.8, 4) is 40.4 Å². The van der Waals surface area contributed by atoms with Crippen LogP contribution >= 0.6 is 0 Å². The third-order valence-corrected chi connectivity index (χ3v) is 4.25. The summed E-state index contributed by atoms with van der Waals surface area (Å²) in [5.74, 6) is 0.236. The summed E-state index contributed by atoms with van der Waals surface area (Å²) in [6.45, 7) is 2.23. The number of anilines is 1. The molecule has 0 aliphatic rings. The second kappa shape index (κ2) is 8.10. The van der Waals surface area contributed by atoms with Gasteiger partial charge in [0.05, 0.1) is 23.4 Å². The van der Waals surface area contributed by atoms with Crippen LogP contribution in [-0.4, -0.2) is 16.6 Å². The van der Waals surface area contributed by atoms with Crippen LogP contribution in [0.1, 0.15) is 23.6 Å². The van der Waals surface area contributed by atoms with Crippen LogP contribution in [0, 0.1) is 22.7 Å². The molecule has 3 rings (SSSR count). The van der Waals surface area contributed by atoms with Gasteiger partial charge in [-0.25, -0.2) is 9.97 Å². The number of alkyl halides is 3. The maximum absolute atomic E-state index is 12.9. The first-order valence-electron chi connectivity index (χ1n) is 8.70. The van der Waals surface area contributed by atoms with Crippen molar-refractivity contribution < 1.29 is 17.9 Å².